The predicted molar refractivity (Wildman–Crippen MR) is 191 cm³/mol. The molecule has 2 saturated carbocycles. The van der Waals surface area contributed by atoms with E-state index in [0.717, 1.165) is 22.3 Å². The largest absolute Gasteiger partial charge is 0.462 e. The van der Waals surface area contributed by atoms with Gasteiger partial charge in [-0.1, -0.05) is 111 Å². The van der Waals surface area contributed by atoms with Gasteiger partial charge in [-0.2, -0.15) is 0 Å². The van der Waals surface area contributed by atoms with Crippen molar-refractivity contribution in [2.75, 3.05) is 0 Å². The number of ketones is 1. The van der Waals surface area contributed by atoms with Crippen molar-refractivity contribution in [1.29, 1.82) is 0 Å². The second-order valence-corrected chi connectivity index (χ2v) is 15.7. The van der Waals surface area contributed by atoms with Crippen LogP contribution in [-0.2, 0) is 19.1 Å². The molecule has 3 fully saturated rings. The summed E-state index contributed by atoms with van der Waals surface area (Å²) in [5.41, 5.74) is 2.28. The number of Topliss-reactive ketones (excluding diaryl/α,β-unsaturated/α-hetero) is 1. The summed E-state index contributed by atoms with van der Waals surface area (Å²) in [6.45, 7) is 21.5. The fourth-order valence-electron chi connectivity index (χ4n) is 7.82. The number of carbonyl (C=O) groups is 2. The third-order valence-corrected chi connectivity index (χ3v) is 10.2. The van der Waals surface area contributed by atoms with E-state index in [2.05, 4.69) is 33.8 Å². The molecule has 1 aliphatic heterocycles. The van der Waals surface area contributed by atoms with E-state index >= 15 is 0 Å². The number of hydrogen-bond donors (Lipinski definition) is 2. The number of aliphatic hydroxyl groups is 2. The highest BCUT2D eigenvalue weighted by molar-refractivity contribution is 5.96. The molecule has 2 N–H and O–H groups in total. The summed E-state index contributed by atoms with van der Waals surface area (Å²) in [6, 6.07) is 0. The predicted octanol–water partition coefficient (Wildman–Crippen LogP) is 8.54. The zero-order chi connectivity index (χ0) is 35.4. The Hall–Kier alpha value is -3.06. The van der Waals surface area contributed by atoms with Gasteiger partial charge in [-0.15, -0.1) is 0 Å². The minimum atomic E-state index is -1.05. The molecule has 3 rings (SSSR count). The highest BCUT2D eigenvalue weighted by Crippen LogP contribution is 2.67. The molecule has 2 aliphatic carbocycles. The molecule has 3 aliphatic rings. The maximum atomic E-state index is 13.1. The molecule has 0 bridgehead atoms. The van der Waals surface area contributed by atoms with Crippen LogP contribution in [0.2, 0.25) is 0 Å². The molecule has 0 aromatic carbocycles. The Bertz CT molecular complexity index is 1440. The van der Waals surface area contributed by atoms with Gasteiger partial charge in [0, 0.05) is 26.2 Å². The minimum absolute atomic E-state index is 0.0822. The molecule has 0 aromatic heterocycles. The summed E-state index contributed by atoms with van der Waals surface area (Å²) >= 11 is 0. The Morgan fingerprint density at radius 2 is 1.34 bits per heavy atom. The average molecular weight is 647 g/mol. The molecular weight excluding hydrogens is 588 g/mol. The molecule has 0 radical (unpaired) electrons. The van der Waals surface area contributed by atoms with Crippen molar-refractivity contribution in [2.45, 2.75) is 137 Å². The van der Waals surface area contributed by atoms with Crippen LogP contribution in [0.15, 0.2) is 94.7 Å². The monoisotopic (exact) mass is 646 g/mol. The molecule has 5 atom stereocenters. The van der Waals surface area contributed by atoms with Crippen LogP contribution < -0.4 is 0 Å². The van der Waals surface area contributed by atoms with Crippen LogP contribution in [0, 0.1) is 10.8 Å². The van der Waals surface area contributed by atoms with Gasteiger partial charge in [0.2, 0.25) is 0 Å². The van der Waals surface area contributed by atoms with Crippen molar-refractivity contribution >= 4 is 11.8 Å². The van der Waals surface area contributed by atoms with Crippen molar-refractivity contribution in [3.8, 4) is 0 Å². The molecule has 47 heavy (non-hydrogen) atoms. The Labute approximate surface area is 283 Å². The summed E-state index contributed by atoms with van der Waals surface area (Å²) in [5, 5.41) is 21.5. The fraction of sp³-hybridized carbons (Fsp3) is 0.561. The molecule has 0 aromatic rings. The number of fused-ring (bicyclic) bond motifs is 1. The number of carbonyl (C=O) groups excluding carboxylic acids is 2. The van der Waals surface area contributed by atoms with E-state index in [-0.39, 0.29) is 34.8 Å². The highest BCUT2D eigenvalue weighted by Gasteiger charge is 2.76. The average Bonchev–Trinajstić information content (AvgIpc) is 3.52. The van der Waals surface area contributed by atoms with Gasteiger partial charge in [0.1, 0.15) is 11.7 Å². The molecule has 1 saturated heterocycles. The summed E-state index contributed by atoms with van der Waals surface area (Å²) in [7, 11) is 0. The number of rotatable bonds is 11. The van der Waals surface area contributed by atoms with Crippen molar-refractivity contribution in [3.63, 3.8) is 0 Å². The van der Waals surface area contributed by atoms with Gasteiger partial charge < -0.3 is 19.7 Å². The topological polar surface area (TPSA) is 96.4 Å². The van der Waals surface area contributed by atoms with Gasteiger partial charge in [-0.05, 0) is 76.4 Å². The number of allylic oxidation sites excluding steroid dienone is 15. The lowest BCUT2D eigenvalue weighted by Gasteiger charge is -2.46. The van der Waals surface area contributed by atoms with Gasteiger partial charge in [-0.25, -0.2) is 0 Å². The lowest BCUT2D eigenvalue weighted by Crippen LogP contribution is -2.48. The Kier molecular flexibility index (Phi) is 11.9. The quantitative estimate of drug-likeness (QED) is 0.101. The molecule has 258 valence electrons. The summed E-state index contributed by atoms with van der Waals surface area (Å²) < 4.78 is 11.6. The van der Waals surface area contributed by atoms with Gasteiger partial charge in [0.05, 0.1) is 17.3 Å². The Morgan fingerprint density at radius 1 is 0.787 bits per heavy atom. The van der Waals surface area contributed by atoms with Crippen LogP contribution >= 0.6 is 0 Å². The van der Waals surface area contributed by atoms with Gasteiger partial charge in [0.15, 0.2) is 5.78 Å². The maximum absolute atomic E-state index is 13.1. The molecule has 6 heteroatoms. The third kappa shape index (κ3) is 9.52. The molecule has 0 spiro atoms. The third-order valence-electron chi connectivity index (χ3n) is 10.2. The van der Waals surface area contributed by atoms with Crippen molar-refractivity contribution in [3.05, 3.63) is 94.7 Å². The summed E-state index contributed by atoms with van der Waals surface area (Å²) in [5.74, 6) is -0.234. The number of hydrogen-bond acceptors (Lipinski definition) is 6. The maximum Gasteiger partial charge on any atom is 0.302 e. The molecule has 1 unspecified atom stereocenters. The van der Waals surface area contributed by atoms with E-state index in [0.29, 0.717) is 37.7 Å². The molecule has 0 amide bonds. The highest BCUT2D eigenvalue weighted by atomic mass is 16.6. The lowest BCUT2D eigenvalue weighted by molar-refractivity contribution is -0.152. The zero-order valence-electron chi connectivity index (χ0n) is 30.6. The van der Waals surface area contributed by atoms with Gasteiger partial charge in [0.25, 0.3) is 0 Å². The number of esters is 1. The van der Waals surface area contributed by atoms with Crippen molar-refractivity contribution in [2.24, 2.45) is 10.8 Å². The first-order valence-electron chi connectivity index (χ1n) is 16.9. The number of epoxide rings is 1. The molecular formula is C41H58O6. The first-order chi connectivity index (χ1) is 21.6. The second-order valence-electron chi connectivity index (χ2n) is 15.7. The molecule has 6 nitrogen and oxygen atoms in total. The Morgan fingerprint density at radius 3 is 1.87 bits per heavy atom. The van der Waals surface area contributed by atoms with E-state index in [1.807, 2.05) is 95.4 Å². The normalized spacial score (nSPS) is 33.9. The van der Waals surface area contributed by atoms with E-state index in [4.69, 9.17) is 9.47 Å². The van der Waals surface area contributed by atoms with Crippen LogP contribution in [0.5, 0.6) is 0 Å². The minimum Gasteiger partial charge on any atom is -0.462 e. The second kappa shape index (κ2) is 14.6. The summed E-state index contributed by atoms with van der Waals surface area (Å²) in [4.78, 5) is 24.6. The zero-order valence-corrected chi connectivity index (χ0v) is 30.6. The molecule has 1 heterocycles. The van der Waals surface area contributed by atoms with Crippen LogP contribution in [0.25, 0.3) is 0 Å². The van der Waals surface area contributed by atoms with E-state index < -0.39 is 16.8 Å². The lowest BCUT2D eigenvalue weighted by atomic mass is 9.61. The van der Waals surface area contributed by atoms with E-state index in [1.165, 1.54) is 6.92 Å². The van der Waals surface area contributed by atoms with Crippen LogP contribution in [0.1, 0.15) is 108 Å². The number of aliphatic hydroxyl groups excluding tert-OH is 1. The van der Waals surface area contributed by atoms with Gasteiger partial charge in [-0.3, -0.25) is 9.59 Å². The van der Waals surface area contributed by atoms with Gasteiger partial charge >= 0.3 is 5.97 Å². The first-order valence-corrected chi connectivity index (χ1v) is 16.9. The summed E-state index contributed by atoms with van der Waals surface area (Å²) in [6.07, 6.45) is 23.9. The van der Waals surface area contributed by atoms with E-state index in [1.54, 1.807) is 6.92 Å². The first kappa shape index (κ1) is 38.4. The van der Waals surface area contributed by atoms with Crippen LogP contribution in [-0.4, -0.2) is 51.0 Å². The SMILES string of the molecule is CC(=O)O[C@H]1CC(C)(C)/C(=C/C(C)=C/C=C/C(C)=C/C=C/C=C(C)/C=C/C=C(\C)C(=O)C[C@@]23O[C@]2(C)C[C@@H](O)CC3(C)C)C(C)(O)C1. The van der Waals surface area contributed by atoms with E-state index in [9.17, 15) is 19.8 Å². The smallest absolute Gasteiger partial charge is 0.302 e. The van der Waals surface area contributed by atoms with Crippen LogP contribution in [0.4, 0.5) is 0 Å². The Balaban J connectivity index is 1.54. The van der Waals surface area contributed by atoms with Crippen molar-refractivity contribution in [1.82, 2.24) is 0 Å². The van der Waals surface area contributed by atoms with Crippen molar-refractivity contribution < 1.29 is 29.3 Å². The fourth-order valence-corrected chi connectivity index (χ4v) is 7.82. The van der Waals surface area contributed by atoms with Crippen LogP contribution in [0.3, 0.4) is 0 Å². The number of ether oxygens (including phenoxy) is 2. The standard InChI is InChI=1S/C41H58O6/c1-28(18-14-20-30(3)22-36-37(6,7)25-34(46-32(5)42)26-39(36,10)45)16-12-13-17-29(2)19-15-21-31(4)35(44)27-41-38(8,9)23-33(43)24-40(41,11)47-41/h12-22,33-34,43,45H,23-27H2,1-11H3/b13-12+,18-14+,19-15+,28-16+,29-17+,30-20+,31-21+,36-22-/t33-,34-,39?,40+,41-/m0/s1.